The molecular weight excluding hydrogens is 500 g/mol. The molecule has 0 aromatic heterocycles. The maximum atomic E-state index is 13.3. The van der Waals surface area contributed by atoms with E-state index in [1.165, 1.54) is 12.7 Å². The molecule has 3 aromatic rings. The Bertz CT molecular complexity index is 1240. The minimum absolute atomic E-state index is 0.0248. The quantitative estimate of drug-likeness (QED) is 0.274. The Morgan fingerprint density at radius 1 is 0.925 bits per heavy atom. The molecule has 1 heterocycles. The summed E-state index contributed by atoms with van der Waals surface area (Å²) in [6.45, 7) is 5.05. The van der Waals surface area contributed by atoms with Crippen LogP contribution in [0, 0.1) is 0 Å². The average Bonchev–Trinajstić information content (AvgIpc) is 3.01. The van der Waals surface area contributed by atoms with Crippen molar-refractivity contribution in [1.29, 1.82) is 0 Å². The summed E-state index contributed by atoms with van der Waals surface area (Å²) in [4.78, 5) is 28.1. The number of nitrogens with one attached hydrogen (secondary N) is 1. The van der Waals surface area contributed by atoms with Crippen molar-refractivity contribution in [2.45, 2.75) is 56.9 Å². The highest BCUT2D eigenvalue weighted by Gasteiger charge is 2.33. The summed E-state index contributed by atoms with van der Waals surface area (Å²) in [7, 11) is 3.12. The van der Waals surface area contributed by atoms with Crippen molar-refractivity contribution < 1.29 is 19.1 Å². The number of nitrogens with zero attached hydrogens (tertiary/aromatic N) is 1. The van der Waals surface area contributed by atoms with Crippen LogP contribution in [0.3, 0.4) is 0 Å². The van der Waals surface area contributed by atoms with Crippen LogP contribution in [0.1, 0.15) is 61.4 Å². The van der Waals surface area contributed by atoms with E-state index in [4.69, 9.17) is 9.47 Å². The zero-order valence-electron chi connectivity index (χ0n) is 24.0. The molecule has 0 bridgehead atoms. The lowest BCUT2D eigenvalue weighted by atomic mass is 9.72. The molecular formula is C34H42N2O4. The molecule has 4 rings (SSSR count). The molecule has 212 valence electrons. The third kappa shape index (κ3) is 7.30. The van der Waals surface area contributed by atoms with Crippen molar-refractivity contribution in [3.05, 3.63) is 90.0 Å². The van der Waals surface area contributed by atoms with Gasteiger partial charge in [0.2, 0.25) is 0 Å². The van der Waals surface area contributed by atoms with E-state index in [0.29, 0.717) is 12.0 Å². The number of amides is 1. The molecule has 6 heteroatoms. The monoisotopic (exact) mass is 542 g/mol. The summed E-state index contributed by atoms with van der Waals surface area (Å²) in [6.07, 6.45) is 5.08. The number of carbonyl (C=O) groups is 2. The number of ether oxygens (including phenoxy) is 2. The second-order valence-electron chi connectivity index (χ2n) is 10.7. The van der Waals surface area contributed by atoms with E-state index in [0.717, 1.165) is 68.6 Å². The predicted octanol–water partition coefficient (Wildman–Crippen LogP) is 6.25. The predicted molar refractivity (Wildman–Crippen MR) is 160 cm³/mol. The fourth-order valence-electron chi connectivity index (χ4n) is 5.89. The van der Waals surface area contributed by atoms with Crippen molar-refractivity contribution in [3.63, 3.8) is 0 Å². The zero-order chi connectivity index (χ0) is 28.4. The van der Waals surface area contributed by atoms with Gasteiger partial charge < -0.3 is 19.7 Å². The third-order valence-corrected chi connectivity index (χ3v) is 8.40. The van der Waals surface area contributed by atoms with Crippen molar-refractivity contribution in [3.8, 4) is 16.9 Å². The fraction of sp³-hybridized carbons (Fsp3) is 0.412. The van der Waals surface area contributed by atoms with E-state index in [2.05, 4.69) is 29.3 Å². The fourth-order valence-corrected chi connectivity index (χ4v) is 5.89. The van der Waals surface area contributed by atoms with E-state index in [1.807, 2.05) is 66.7 Å². The van der Waals surface area contributed by atoms with Gasteiger partial charge in [-0.25, -0.2) is 0 Å². The number of rotatable bonds is 12. The summed E-state index contributed by atoms with van der Waals surface area (Å²) < 4.78 is 10.3. The van der Waals surface area contributed by atoms with Gasteiger partial charge in [0.25, 0.3) is 5.91 Å². The molecule has 1 fully saturated rings. The second kappa shape index (κ2) is 14.1. The number of carbonyl (C=O) groups excluding carboxylic acids is 2. The van der Waals surface area contributed by atoms with Gasteiger partial charge in [0.15, 0.2) is 0 Å². The topological polar surface area (TPSA) is 67.9 Å². The van der Waals surface area contributed by atoms with E-state index in [9.17, 15) is 9.59 Å². The standard InChI is InChI=1S/C34H42N2O4/c1-4-34(25-32(37)40-3,27-11-6-5-7-12-27)21-10-22-36-23-19-28(20-24-36)35-33(38)31-14-9-8-13-30(31)26-15-17-29(39-2)18-16-26/h5-9,11-18,28H,4,10,19-25H2,1-3H3,(H,35,38). The number of benzene rings is 3. The Labute approximate surface area is 238 Å². The van der Waals surface area contributed by atoms with E-state index >= 15 is 0 Å². The largest absolute Gasteiger partial charge is 0.497 e. The van der Waals surface area contributed by atoms with Gasteiger partial charge in [-0.15, -0.1) is 0 Å². The molecule has 1 aliphatic rings. The number of hydrogen-bond acceptors (Lipinski definition) is 5. The Morgan fingerprint density at radius 2 is 1.60 bits per heavy atom. The van der Waals surface area contributed by atoms with E-state index in [1.54, 1.807) is 7.11 Å². The molecule has 1 saturated heterocycles. The number of methoxy groups -OCH3 is 2. The van der Waals surface area contributed by atoms with Crippen LogP contribution >= 0.6 is 0 Å². The lowest BCUT2D eigenvalue weighted by molar-refractivity contribution is -0.142. The van der Waals surface area contributed by atoms with Crippen LogP contribution in [0.25, 0.3) is 11.1 Å². The van der Waals surface area contributed by atoms with Gasteiger partial charge in [-0.2, -0.15) is 0 Å². The molecule has 1 aliphatic heterocycles. The second-order valence-corrected chi connectivity index (χ2v) is 10.7. The van der Waals surface area contributed by atoms with Crippen LogP contribution in [0.5, 0.6) is 5.75 Å². The number of hydrogen-bond donors (Lipinski definition) is 1. The van der Waals surface area contributed by atoms with Crippen molar-refractivity contribution in [2.24, 2.45) is 0 Å². The first kappa shape index (κ1) is 29.3. The smallest absolute Gasteiger partial charge is 0.306 e. The summed E-state index contributed by atoms with van der Waals surface area (Å²) in [5.41, 5.74) is 3.60. The van der Waals surface area contributed by atoms with Gasteiger partial charge in [-0.05, 0) is 73.5 Å². The lowest BCUT2D eigenvalue weighted by Crippen LogP contribution is -2.45. The number of likely N-dealkylation sites (tertiary alicyclic amines) is 1. The molecule has 0 aliphatic carbocycles. The highest BCUT2D eigenvalue weighted by atomic mass is 16.5. The van der Waals surface area contributed by atoms with E-state index < -0.39 is 0 Å². The first-order chi connectivity index (χ1) is 19.5. The molecule has 1 N–H and O–H groups in total. The van der Waals surface area contributed by atoms with Gasteiger partial charge >= 0.3 is 5.97 Å². The molecule has 1 atom stereocenters. The van der Waals surface area contributed by atoms with Crippen LogP contribution in [0.15, 0.2) is 78.9 Å². The molecule has 1 unspecified atom stereocenters. The normalized spacial score (nSPS) is 15.7. The van der Waals surface area contributed by atoms with Gasteiger partial charge in [0, 0.05) is 30.1 Å². The molecule has 6 nitrogen and oxygen atoms in total. The highest BCUT2D eigenvalue weighted by Crippen LogP contribution is 2.37. The summed E-state index contributed by atoms with van der Waals surface area (Å²) in [5.74, 6) is 0.612. The van der Waals surface area contributed by atoms with Crippen LogP contribution in [0.4, 0.5) is 0 Å². The Balaban J connectivity index is 1.30. The van der Waals surface area contributed by atoms with Crippen molar-refractivity contribution >= 4 is 11.9 Å². The summed E-state index contributed by atoms with van der Waals surface area (Å²) >= 11 is 0. The van der Waals surface area contributed by atoms with Crippen LogP contribution in [-0.4, -0.2) is 56.7 Å². The molecule has 0 spiro atoms. The minimum atomic E-state index is -0.210. The van der Waals surface area contributed by atoms with Crippen LogP contribution in [0.2, 0.25) is 0 Å². The lowest BCUT2D eigenvalue weighted by Gasteiger charge is -2.35. The van der Waals surface area contributed by atoms with Crippen molar-refractivity contribution in [1.82, 2.24) is 10.2 Å². The molecule has 0 radical (unpaired) electrons. The first-order valence-electron chi connectivity index (χ1n) is 14.4. The molecule has 40 heavy (non-hydrogen) atoms. The zero-order valence-corrected chi connectivity index (χ0v) is 24.0. The molecule has 1 amide bonds. The highest BCUT2D eigenvalue weighted by molar-refractivity contribution is 6.01. The molecule has 3 aromatic carbocycles. The van der Waals surface area contributed by atoms with Gasteiger partial charge in [0.05, 0.1) is 20.6 Å². The summed E-state index contributed by atoms with van der Waals surface area (Å²) in [6, 6.07) is 26.1. The maximum absolute atomic E-state index is 13.3. The number of esters is 1. The van der Waals surface area contributed by atoms with E-state index in [-0.39, 0.29) is 23.3 Å². The maximum Gasteiger partial charge on any atom is 0.306 e. The van der Waals surface area contributed by atoms with Gasteiger partial charge in [0.1, 0.15) is 5.75 Å². The summed E-state index contributed by atoms with van der Waals surface area (Å²) in [5, 5.41) is 3.29. The SMILES string of the molecule is CCC(CCCN1CCC(NC(=O)c2ccccc2-c2ccc(OC)cc2)CC1)(CC(=O)OC)c1ccccc1. The van der Waals surface area contributed by atoms with Gasteiger partial charge in [-0.3, -0.25) is 9.59 Å². The Kier molecular flexibility index (Phi) is 10.4. The number of piperidine rings is 1. The first-order valence-corrected chi connectivity index (χ1v) is 14.4. The average molecular weight is 543 g/mol. The minimum Gasteiger partial charge on any atom is -0.497 e. The van der Waals surface area contributed by atoms with Crippen molar-refractivity contribution in [2.75, 3.05) is 33.9 Å². The Morgan fingerprint density at radius 3 is 2.25 bits per heavy atom. The molecule has 0 saturated carbocycles. The van der Waals surface area contributed by atoms with Crippen LogP contribution in [-0.2, 0) is 14.9 Å². The third-order valence-electron chi connectivity index (χ3n) is 8.40. The van der Waals surface area contributed by atoms with Gasteiger partial charge in [-0.1, -0.05) is 67.6 Å². The van der Waals surface area contributed by atoms with Crippen LogP contribution < -0.4 is 10.1 Å². The Hall–Kier alpha value is -3.64.